The molecule has 3 rings (SSSR count). The summed E-state index contributed by atoms with van der Waals surface area (Å²) in [6.45, 7) is 0. The summed E-state index contributed by atoms with van der Waals surface area (Å²) in [4.78, 5) is 12.0. The highest BCUT2D eigenvalue weighted by atomic mass is 32.2. The molecule has 0 aliphatic heterocycles. The molecule has 0 bridgehead atoms. The molecule has 0 aliphatic rings. The average Bonchev–Trinajstić information content (AvgIpc) is 3.19. The zero-order valence-electron chi connectivity index (χ0n) is 12.6. The zero-order valence-corrected chi connectivity index (χ0v) is 13.4. The van der Waals surface area contributed by atoms with Crippen molar-refractivity contribution in [3.63, 3.8) is 0 Å². The van der Waals surface area contributed by atoms with Gasteiger partial charge in [-0.15, -0.1) is 5.10 Å². The molecular weight excluding hydrogens is 334 g/mol. The Labute approximate surface area is 137 Å². The minimum Gasteiger partial charge on any atom is -0.459 e. The molecule has 0 unspecified atom stereocenters. The van der Waals surface area contributed by atoms with Crippen LogP contribution in [0.3, 0.4) is 0 Å². The maximum Gasteiger partial charge on any atom is 0.322 e. The summed E-state index contributed by atoms with van der Waals surface area (Å²) in [5.41, 5.74) is 0.801. The maximum atomic E-state index is 11.8. The molecule has 0 radical (unpaired) electrons. The minimum absolute atomic E-state index is 0.0424. The second-order valence-corrected chi connectivity index (χ2v) is 7.04. The lowest BCUT2D eigenvalue weighted by Crippen LogP contribution is -2.10. The van der Waals surface area contributed by atoms with Gasteiger partial charge in [0.1, 0.15) is 0 Å². The van der Waals surface area contributed by atoms with Gasteiger partial charge in [-0.3, -0.25) is 10.1 Å². The predicted octanol–water partition coefficient (Wildman–Crippen LogP) is 1.91. The van der Waals surface area contributed by atoms with Gasteiger partial charge in [0.2, 0.25) is 5.89 Å². The minimum atomic E-state index is -3.23. The molecule has 0 spiro atoms. The molecule has 2 aromatic heterocycles. The first kappa shape index (κ1) is 15.9. The number of sulfone groups is 1. The molecular formula is C15H13N3O5S. The molecule has 0 fully saturated rings. The van der Waals surface area contributed by atoms with E-state index in [9.17, 15) is 13.2 Å². The van der Waals surface area contributed by atoms with Crippen LogP contribution in [-0.4, -0.2) is 30.8 Å². The molecule has 0 saturated heterocycles. The number of rotatable bonds is 5. The number of hydrogen-bond acceptors (Lipinski definition) is 7. The molecule has 1 N–H and O–H groups in total. The van der Waals surface area contributed by atoms with Gasteiger partial charge in [0.05, 0.1) is 17.6 Å². The molecule has 1 aromatic carbocycles. The van der Waals surface area contributed by atoms with Gasteiger partial charge < -0.3 is 8.83 Å². The topological polar surface area (TPSA) is 115 Å². The van der Waals surface area contributed by atoms with Crippen molar-refractivity contribution in [3.05, 3.63) is 59.9 Å². The lowest BCUT2D eigenvalue weighted by Gasteiger charge is -2.00. The predicted molar refractivity (Wildman–Crippen MR) is 83.3 cm³/mol. The van der Waals surface area contributed by atoms with Crippen molar-refractivity contribution in [1.29, 1.82) is 0 Å². The van der Waals surface area contributed by atoms with Gasteiger partial charge in [0, 0.05) is 6.26 Å². The summed E-state index contributed by atoms with van der Waals surface area (Å²) < 4.78 is 33.1. The van der Waals surface area contributed by atoms with Crippen molar-refractivity contribution in [2.24, 2.45) is 0 Å². The van der Waals surface area contributed by atoms with Crippen LogP contribution < -0.4 is 5.32 Å². The number of benzene rings is 1. The van der Waals surface area contributed by atoms with Crippen molar-refractivity contribution in [2.45, 2.75) is 11.3 Å². The van der Waals surface area contributed by atoms with E-state index < -0.39 is 15.7 Å². The van der Waals surface area contributed by atoms with Gasteiger partial charge in [-0.1, -0.05) is 17.2 Å². The van der Waals surface area contributed by atoms with Gasteiger partial charge >= 0.3 is 6.01 Å². The standard InChI is InChI=1S/C15H13N3O5S/c1-24(20,21)11-6-4-10(5-7-11)9-13-17-18-15(23-13)16-14(19)12-3-2-8-22-12/h2-8H,9H2,1H3,(H,16,18,19). The van der Waals surface area contributed by atoms with Crippen LogP contribution in [0.5, 0.6) is 0 Å². The molecule has 0 aliphatic carbocycles. The monoisotopic (exact) mass is 347 g/mol. The van der Waals surface area contributed by atoms with Crippen molar-refractivity contribution in [1.82, 2.24) is 10.2 Å². The largest absolute Gasteiger partial charge is 0.459 e. The molecule has 0 atom stereocenters. The van der Waals surface area contributed by atoms with E-state index in [0.29, 0.717) is 6.42 Å². The third kappa shape index (κ3) is 3.69. The average molecular weight is 347 g/mol. The van der Waals surface area contributed by atoms with E-state index in [2.05, 4.69) is 15.5 Å². The summed E-state index contributed by atoms with van der Waals surface area (Å²) in [5.74, 6) is -0.0735. The Kier molecular flexibility index (Phi) is 4.17. The number of aromatic nitrogens is 2. The molecule has 0 saturated carbocycles. The van der Waals surface area contributed by atoms with E-state index in [0.717, 1.165) is 11.8 Å². The van der Waals surface area contributed by atoms with Crippen LogP contribution in [0.1, 0.15) is 22.0 Å². The van der Waals surface area contributed by atoms with E-state index in [1.165, 1.54) is 24.5 Å². The first-order chi connectivity index (χ1) is 11.4. The first-order valence-corrected chi connectivity index (χ1v) is 8.77. The van der Waals surface area contributed by atoms with Crippen LogP contribution >= 0.6 is 0 Å². The van der Waals surface area contributed by atoms with E-state index in [-0.39, 0.29) is 22.6 Å². The Bertz CT molecular complexity index is 943. The molecule has 8 nitrogen and oxygen atoms in total. The number of anilines is 1. The third-order valence-corrected chi connectivity index (χ3v) is 4.27. The molecule has 1 amide bonds. The Morgan fingerprint density at radius 2 is 1.92 bits per heavy atom. The zero-order chi connectivity index (χ0) is 17.2. The fraction of sp³-hybridized carbons (Fsp3) is 0.133. The van der Waals surface area contributed by atoms with Crippen LogP contribution in [0.2, 0.25) is 0 Å². The first-order valence-electron chi connectivity index (χ1n) is 6.88. The summed E-state index contributed by atoms with van der Waals surface area (Å²) in [6.07, 6.45) is 2.84. The molecule has 124 valence electrons. The summed E-state index contributed by atoms with van der Waals surface area (Å²) in [5, 5.41) is 10.00. The van der Waals surface area contributed by atoms with Crippen LogP contribution in [0, 0.1) is 0 Å². The second-order valence-electron chi connectivity index (χ2n) is 5.03. The Morgan fingerprint density at radius 1 is 1.17 bits per heavy atom. The summed E-state index contributed by atoms with van der Waals surface area (Å²) in [6, 6.07) is 9.42. The fourth-order valence-corrected chi connectivity index (χ4v) is 2.60. The maximum absolute atomic E-state index is 11.8. The van der Waals surface area contributed by atoms with Gasteiger partial charge in [-0.25, -0.2) is 8.42 Å². The normalized spacial score (nSPS) is 11.4. The van der Waals surface area contributed by atoms with E-state index in [4.69, 9.17) is 8.83 Å². The molecule has 9 heteroatoms. The van der Waals surface area contributed by atoms with Crippen LogP contribution in [0.25, 0.3) is 0 Å². The number of furan rings is 1. The Morgan fingerprint density at radius 3 is 2.54 bits per heavy atom. The van der Waals surface area contributed by atoms with Crippen molar-refractivity contribution >= 4 is 21.8 Å². The third-order valence-electron chi connectivity index (χ3n) is 3.14. The van der Waals surface area contributed by atoms with Crippen molar-refractivity contribution in [2.75, 3.05) is 11.6 Å². The van der Waals surface area contributed by atoms with E-state index >= 15 is 0 Å². The number of amides is 1. The fourth-order valence-electron chi connectivity index (χ4n) is 1.97. The lowest BCUT2D eigenvalue weighted by molar-refractivity contribution is 0.0993. The molecule has 24 heavy (non-hydrogen) atoms. The van der Waals surface area contributed by atoms with E-state index in [1.54, 1.807) is 18.2 Å². The van der Waals surface area contributed by atoms with Crippen LogP contribution in [0.15, 0.2) is 56.4 Å². The van der Waals surface area contributed by atoms with Crippen LogP contribution in [-0.2, 0) is 16.3 Å². The summed E-state index contributed by atoms with van der Waals surface area (Å²) in [7, 11) is -3.23. The molecule has 2 heterocycles. The highest BCUT2D eigenvalue weighted by Crippen LogP contribution is 2.15. The second kappa shape index (κ2) is 6.28. The van der Waals surface area contributed by atoms with Gasteiger partial charge in [0.25, 0.3) is 5.91 Å². The smallest absolute Gasteiger partial charge is 0.322 e. The van der Waals surface area contributed by atoms with E-state index in [1.807, 2.05) is 0 Å². The summed E-state index contributed by atoms with van der Waals surface area (Å²) >= 11 is 0. The number of hydrogen-bond donors (Lipinski definition) is 1. The Balaban J connectivity index is 1.67. The SMILES string of the molecule is CS(=O)(=O)c1ccc(Cc2nnc(NC(=O)c3ccco3)o2)cc1. The highest BCUT2D eigenvalue weighted by molar-refractivity contribution is 7.90. The van der Waals surface area contributed by atoms with Crippen molar-refractivity contribution < 1.29 is 22.0 Å². The number of carbonyl (C=O) groups is 1. The van der Waals surface area contributed by atoms with Gasteiger partial charge in [-0.2, -0.15) is 0 Å². The van der Waals surface area contributed by atoms with Crippen LogP contribution in [0.4, 0.5) is 6.01 Å². The van der Waals surface area contributed by atoms with Gasteiger partial charge in [-0.05, 0) is 29.8 Å². The molecule has 3 aromatic rings. The van der Waals surface area contributed by atoms with Gasteiger partial charge in [0.15, 0.2) is 15.6 Å². The van der Waals surface area contributed by atoms with Crippen molar-refractivity contribution in [3.8, 4) is 0 Å². The number of nitrogens with zero attached hydrogens (tertiary/aromatic N) is 2. The Hall–Kier alpha value is -2.94. The lowest BCUT2D eigenvalue weighted by atomic mass is 10.1. The number of carbonyl (C=O) groups excluding carboxylic acids is 1. The highest BCUT2D eigenvalue weighted by Gasteiger charge is 2.14. The quantitative estimate of drug-likeness (QED) is 0.749. The number of nitrogens with one attached hydrogen (secondary N) is 1.